The van der Waals surface area contributed by atoms with Crippen LogP contribution in [0.25, 0.3) is 0 Å². The zero-order valence-electron chi connectivity index (χ0n) is 8.59. The van der Waals surface area contributed by atoms with Crippen molar-refractivity contribution >= 4 is 0 Å². The molecule has 0 aliphatic heterocycles. The summed E-state index contributed by atoms with van der Waals surface area (Å²) in [6, 6.07) is 3.17. The first-order valence-electron chi connectivity index (χ1n) is 4.89. The van der Waals surface area contributed by atoms with E-state index in [-0.39, 0.29) is 17.0 Å². The predicted octanol–water partition coefficient (Wildman–Crippen LogP) is 1.57. The van der Waals surface area contributed by atoms with E-state index in [0.717, 1.165) is 12.8 Å². The molecular weight excluding hydrogens is 197 g/mol. The van der Waals surface area contributed by atoms with Gasteiger partial charge in [-0.25, -0.2) is 0 Å². The van der Waals surface area contributed by atoms with Gasteiger partial charge in [0.2, 0.25) is 5.82 Å². The quantitative estimate of drug-likeness (QED) is 0.798. The number of phenolic OH excluding ortho intramolecular Hbond substituents is 1. The monoisotopic (exact) mass is 211 g/mol. The van der Waals surface area contributed by atoms with Crippen molar-refractivity contribution in [3.8, 4) is 11.5 Å². The number of phenols is 1. The zero-order chi connectivity index (χ0) is 11.1. The molecule has 0 radical (unpaired) electrons. The van der Waals surface area contributed by atoms with Crippen LogP contribution in [0.4, 0.5) is 4.39 Å². The Morgan fingerprint density at radius 3 is 2.73 bits per heavy atom. The first-order valence-corrected chi connectivity index (χ1v) is 4.89. The molecular formula is C11H14FNO2. The van der Waals surface area contributed by atoms with E-state index in [2.05, 4.69) is 0 Å². The maximum absolute atomic E-state index is 13.4. The summed E-state index contributed by atoms with van der Waals surface area (Å²) in [6.07, 6.45) is 2.37. The van der Waals surface area contributed by atoms with Gasteiger partial charge in [0.15, 0.2) is 11.5 Å². The lowest BCUT2D eigenvalue weighted by Gasteiger charge is -2.12. The molecule has 82 valence electrons. The molecule has 3 nitrogen and oxygen atoms in total. The van der Waals surface area contributed by atoms with E-state index in [1.807, 2.05) is 0 Å². The Bertz CT molecular complexity index is 388. The number of rotatable bonds is 3. The number of nitrogens with two attached hydrogens (primary N) is 1. The molecule has 2 rings (SSSR count). The van der Waals surface area contributed by atoms with E-state index in [0.29, 0.717) is 12.0 Å². The third-order valence-corrected chi connectivity index (χ3v) is 2.82. The molecule has 1 saturated carbocycles. The summed E-state index contributed by atoms with van der Waals surface area (Å²) in [6.45, 7) is 0. The fourth-order valence-electron chi connectivity index (χ4n) is 1.60. The van der Waals surface area contributed by atoms with Crippen molar-refractivity contribution in [1.82, 2.24) is 0 Å². The standard InChI is InChI=1S/C11H14FNO2/c1-15-8-3-2-7(10(14)9(8)12)6-11(13)4-5-11/h2-3,14H,4-6,13H2,1H3. The number of halogens is 1. The van der Waals surface area contributed by atoms with Crippen molar-refractivity contribution in [2.75, 3.05) is 7.11 Å². The molecule has 15 heavy (non-hydrogen) atoms. The fraction of sp³-hybridized carbons (Fsp3) is 0.455. The molecule has 1 fully saturated rings. The second-order valence-corrected chi connectivity index (χ2v) is 4.13. The van der Waals surface area contributed by atoms with Crippen molar-refractivity contribution in [2.45, 2.75) is 24.8 Å². The van der Waals surface area contributed by atoms with Gasteiger partial charge in [0.1, 0.15) is 0 Å². The minimum absolute atomic E-state index is 0.0538. The Hall–Kier alpha value is -1.29. The van der Waals surface area contributed by atoms with Gasteiger partial charge in [0.05, 0.1) is 7.11 Å². The number of hydrogen-bond donors (Lipinski definition) is 2. The predicted molar refractivity (Wildman–Crippen MR) is 54.5 cm³/mol. The van der Waals surface area contributed by atoms with E-state index < -0.39 is 5.82 Å². The smallest absolute Gasteiger partial charge is 0.206 e. The van der Waals surface area contributed by atoms with E-state index in [9.17, 15) is 9.50 Å². The van der Waals surface area contributed by atoms with Crippen LogP contribution in [0.3, 0.4) is 0 Å². The topological polar surface area (TPSA) is 55.5 Å². The minimum Gasteiger partial charge on any atom is -0.505 e. The fourth-order valence-corrected chi connectivity index (χ4v) is 1.60. The number of methoxy groups -OCH3 is 1. The highest BCUT2D eigenvalue weighted by atomic mass is 19.1. The first-order chi connectivity index (χ1) is 7.06. The number of ether oxygens (including phenoxy) is 1. The molecule has 1 aromatic rings. The molecule has 0 unspecified atom stereocenters. The average molecular weight is 211 g/mol. The van der Waals surface area contributed by atoms with Gasteiger partial charge in [-0.05, 0) is 30.9 Å². The molecule has 1 aliphatic rings. The van der Waals surface area contributed by atoms with E-state index in [4.69, 9.17) is 10.5 Å². The number of benzene rings is 1. The highest BCUT2D eigenvalue weighted by Gasteiger charge is 2.39. The van der Waals surface area contributed by atoms with Crippen molar-refractivity contribution < 1.29 is 14.2 Å². The molecule has 0 heterocycles. The molecule has 3 N–H and O–H groups in total. The Morgan fingerprint density at radius 2 is 2.20 bits per heavy atom. The van der Waals surface area contributed by atoms with Crippen LogP contribution in [-0.4, -0.2) is 17.8 Å². The second kappa shape index (κ2) is 3.38. The molecule has 4 heteroatoms. The van der Waals surface area contributed by atoms with Crippen LogP contribution in [-0.2, 0) is 6.42 Å². The Morgan fingerprint density at radius 1 is 1.53 bits per heavy atom. The van der Waals surface area contributed by atoms with E-state index in [1.54, 1.807) is 6.07 Å². The van der Waals surface area contributed by atoms with Crippen LogP contribution in [0.5, 0.6) is 11.5 Å². The summed E-state index contributed by atoms with van der Waals surface area (Å²) in [5.41, 5.74) is 6.22. The van der Waals surface area contributed by atoms with Crippen LogP contribution in [0.1, 0.15) is 18.4 Å². The van der Waals surface area contributed by atoms with Crippen molar-refractivity contribution in [2.24, 2.45) is 5.73 Å². The highest BCUT2D eigenvalue weighted by Crippen LogP contribution is 2.39. The van der Waals surface area contributed by atoms with Crippen LogP contribution >= 0.6 is 0 Å². The lowest BCUT2D eigenvalue weighted by molar-refractivity contribution is 0.361. The minimum atomic E-state index is -0.709. The Labute approximate surface area is 87.7 Å². The SMILES string of the molecule is COc1ccc(CC2(N)CC2)c(O)c1F. The molecule has 1 aromatic carbocycles. The third-order valence-electron chi connectivity index (χ3n) is 2.82. The first kappa shape index (κ1) is 10.2. The molecule has 0 atom stereocenters. The summed E-state index contributed by atoms with van der Waals surface area (Å²) in [7, 11) is 1.36. The van der Waals surface area contributed by atoms with Gasteiger partial charge in [0.25, 0.3) is 0 Å². The largest absolute Gasteiger partial charge is 0.505 e. The lowest BCUT2D eigenvalue weighted by atomic mass is 10.0. The zero-order valence-corrected chi connectivity index (χ0v) is 8.59. The highest BCUT2D eigenvalue weighted by molar-refractivity contribution is 5.43. The molecule has 0 bridgehead atoms. The van der Waals surface area contributed by atoms with Gasteiger partial charge in [-0.15, -0.1) is 0 Å². The molecule has 0 spiro atoms. The average Bonchev–Trinajstić information content (AvgIpc) is 2.92. The summed E-state index contributed by atoms with van der Waals surface area (Å²) in [4.78, 5) is 0. The third kappa shape index (κ3) is 1.90. The van der Waals surface area contributed by atoms with Crippen LogP contribution in [0, 0.1) is 5.82 Å². The summed E-state index contributed by atoms with van der Waals surface area (Å²) in [5.74, 6) is -0.997. The van der Waals surface area contributed by atoms with Crippen molar-refractivity contribution in [1.29, 1.82) is 0 Å². The number of hydrogen-bond acceptors (Lipinski definition) is 3. The van der Waals surface area contributed by atoms with Gasteiger partial charge >= 0.3 is 0 Å². The van der Waals surface area contributed by atoms with Crippen molar-refractivity contribution in [3.63, 3.8) is 0 Å². The van der Waals surface area contributed by atoms with Crippen molar-refractivity contribution in [3.05, 3.63) is 23.5 Å². The van der Waals surface area contributed by atoms with Crippen LogP contribution < -0.4 is 10.5 Å². The maximum Gasteiger partial charge on any atom is 0.206 e. The molecule has 0 aromatic heterocycles. The van der Waals surface area contributed by atoms with Gasteiger partial charge < -0.3 is 15.6 Å². The van der Waals surface area contributed by atoms with E-state index in [1.165, 1.54) is 13.2 Å². The van der Waals surface area contributed by atoms with Gasteiger partial charge in [0, 0.05) is 5.54 Å². The summed E-state index contributed by atoms with van der Waals surface area (Å²) < 4.78 is 18.2. The molecule has 0 saturated heterocycles. The second-order valence-electron chi connectivity index (χ2n) is 4.13. The van der Waals surface area contributed by atoms with Crippen LogP contribution in [0.2, 0.25) is 0 Å². The Kier molecular flexibility index (Phi) is 2.31. The van der Waals surface area contributed by atoms with Gasteiger partial charge in [-0.1, -0.05) is 6.07 Å². The van der Waals surface area contributed by atoms with E-state index >= 15 is 0 Å². The number of aromatic hydroxyl groups is 1. The van der Waals surface area contributed by atoms with Gasteiger partial charge in [-0.2, -0.15) is 4.39 Å². The molecule has 0 amide bonds. The normalized spacial score (nSPS) is 17.5. The lowest BCUT2D eigenvalue weighted by Crippen LogP contribution is -2.24. The summed E-state index contributed by atoms with van der Waals surface area (Å²) >= 11 is 0. The maximum atomic E-state index is 13.4. The van der Waals surface area contributed by atoms with Crippen LogP contribution in [0.15, 0.2) is 12.1 Å². The molecule has 1 aliphatic carbocycles. The van der Waals surface area contributed by atoms with Gasteiger partial charge in [-0.3, -0.25) is 0 Å². The summed E-state index contributed by atoms with van der Waals surface area (Å²) in [5, 5.41) is 9.59. The Balaban J connectivity index is 2.29.